The lowest BCUT2D eigenvalue weighted by molar-refractivity contribution is -0.274. The van der Waals surface area contributed by atoms with Gasteiger partial charge in [-0.15, -0.1) is 13.2 Å². The van der Waals surface area contributed by atoms with Gasteiger partial charge in [-0.25, -0.2) is 8.78 Å². The monoisotopic (exact) mass is 579 g/mol. The minimum absolute atomic E-state index is 0.00244. The van der Waals surface area contributed by atoms with E-state index in [0.717, 1.165) is 24.1 Å². The van der Waals surface area contributed by atoms with Crippen molar-refractivity contribution in [3.8, 4) is 16.9 Å². The van der Waals surface area contributed by atoms with Crippen LogP contribution in [-0.2, 0) is 16.0 Å². The van der Waals surface area contributed by atoms with Crippen molar-refractivity contribution in [1.82, 2.24) is 0 Å². The number of rotatable bonds is 9. The molecule has 0 radical (unpaired) electrons. The topological polar surface area (TPSA) is 47.9 Å². The van der Waals surface area contributed by atoms with Crippen molar-refractivity contribution in [1.29, 1.82) is 0 Å². The van der Waals surface area contributed by atoms with Crippen LogP contribution < -0.4 is 4.74 Å². The number of aliphatic imine (C=N–C) groups is 1. The molecule has 0 aromatic heterocycles. The molecule has 1 aliphatic rings. The van der Waals surface area contributed by atoms with Crippen LogP contribution in [0.3, 0.4) is 0 Å². The number of hydrogen-bond donors (Lipinski definition) is 0. The molecule has 4 aromatic rings. The highest BCUT2D eigenvalue weighted by Gasteiger charge is 2.39. The number of nitrogens with zero attached hydrogens (tertiary/aromatic N) is 1. The SMILES string of the molecule is O=C(OCCCc1ccccc1)C1CC(c2c(F)cccc2F)=NC1c1ccc(-c2ccc(OC(F)(F)F)cc2)cc1. The molecule has 0 bridgehead atoms. The summed E-state index contributed by atoms with van der Waals surface area (Å²) < 4.78 is 76.2. The fraction of sp³-hybridized carbons (Fsp3) is 0.212. The molecule has 2 unspecified atom stereocenters. The molecule has 4 aromatic carbocycles. The van der Waals surface area contributed by atoms with E-state index in [9.17, 15) is 26.7 Å². The highest BCUT2D eigenvalue weighted by Crippen LogP contribution is 2.39. The summed E-state index contributed by atoms with van der Waals surface area (Å²) in [5, 5.41) is 0. The summed E-state index contributed by atoms with van der Waals surface area (Å²) in [6, 6.07) is 25.0. The van der Waals surface area contributed by atoms with Gasteiger partial charge in [0.25, 0.3) is 0 Å². The third-order valence-corrected chi connectivity index (χ3v) is 7.01. The fourth-order valence-corrected chi connectivity index (χ4v) is 5.01. The average Bonchev–Trinajstić information content (AvgIpc) is 3.40. The summed E-state index contributed by atoms with van der Waals surface area (Å²) in [7, 11) is 0. The Hall–Kier alpha value is -4.53. The van der Waals surface area contributed by atoms with Crippen LogP contribution >= 0.6 is 0 Å². The predicted molar refractivity (Wildman–Crippen MR) is 148 cm³/mol. The summed E-state index contributed by atoms with van der Waals surface area (Å²) in [5.74, 6) is -3.16. The van der Waals surface area contributed by atoms with Crippen LogP contribution in [0.5, 0.6) is 5.75 Å². The molecule has 42 heavy (non-hydrogen) atoms. The van der Waals surface area contributed by atoms with Gasteiger partial charge in [0.1, 0.15) is 17.4 Å². The molecule has 5 rings (SSSR count). The Morgan fingerprint density at radius 2 is 1.43 bits per heavy atom. The van der Waals surface area contributed by atoms with Crippen molar-refractivity contribution >= 4 is 11.7 Å². The van der Waals surface area contributed by atoms with Gasteiger partial charge in [0.05, 0.1) is 24.1 Å². The van der Waals surface area contributed by atoms with Crippen molar-refractivity contribution in [3.05, 3.63) is 125 Å². The smallest absolute Gasteiger partial charge is 0.465 e. The van der Waals surface area contributed by atoms with E-state index < -0.39 is 35.9 Å². The van der Waals surface area contributed by atoms with E-state index in [0.29, 0.717) is 23.1 Å². The van der Waals surface area contributed by atoms with E-state index in [1.54, 1.807) is 24.3 Å². The van der Waals surface area contributed by atoms with Gasteiger partial charge in [0, 0.05) is 12.1 Å². The summed E-state index contributed by atoms with van der Waals surface area (Å²) in [6.45, 7) is 0.188. The first-order valence-electron chi connectivity index (χ1n) is 13.4. The van der Waals surface area contributed by atoms with Gasteiger partial charge in [-0.2, -0.15) is 0 Å². The Bertz CT molecular complexity index is 1530. The standard InChI is InChI=1S/C33H26F5NO3/c34-27-9-4-10-28(35)30(27)29-20-26(32(40)41-19-5-8-21-6-2-1-3-7-21)31(39-29)24-13-11-22(12-14-24)23-15-17-25(18-16-23)42-33(36,37)38/h1-4,6-7,9-18,26,31H,5,8,19-20H2. The van der Waals surface area contributed by atoms with E-state index >= 15 is 0 Å². The zero-order chi connectivity index (χ0) is 29.7. The van der Waals surface area contributed by atoms with Crippen molar-refractivity contribution in [3.63, 3.8) is 0 Å². The number of esters is 1. The number of ether oxygens (including phenoxy) is 2. The Morgan fingerprint density at radius 1 is 0.810 bits per heavy atom. The van der Waals surface area contributed by atoms with E-state index in [1.807, 2.05) is 30.3 Å². The Morgan fingerprint density at radius 3 is 2.05 bits per heavy atom. The molecule has 2 atom stereocenters. The molecule has 0 saturated heterocycles. The lowest BCUT2D eigenvalue weighted by atomic mass is 9.90. The van der Waals surface area contributed by atoms with Crippen LogP contribution in [0.2, 0.25) is 0 Å². The molecule has 216 valence electrons. The van der Waals surface area contributed by atoms with Crippen LogP contribution in [0.4, 0.5) is 22.0 Å². The number of carbonyl (C=O) groups is 1. The molecule has 9 heteroatoms. The second-order valence-electron chi connectivity index (χ2n) is 9.88. The molecule has 4 nitrogen and oxygen atoms in total. The predicted octanol–water partition coefficient (Wildman–Crippen LogP) is 8.26. The van der Waals surface area contributed by atoms with Crippen molar-refractivity contribution in [2.75, 3.05) is 6.61 Å². The van der Waals surface area contributed by atoms with Gasteiger partial charge < -0.3 is 9.47 Å². The minimum Gasteiger partial charge on any atom is -0.465 e. The summed E-state index contributed by atoms with van der Waals surface area (Å²) in [4.78, 5) is 17.8. The second kappa shape index (κ2) is 12.5. The first-order valence-corrected chi connectivity index (χ1v) is 13.4. The highest BCUT2D eigenvalue weighted by atomic mass is 19.4. The minimum atomic E-state index is -4.78. The number of alkyl halides is 3. The van der Waals surface area contributed by atoms with E-state index in [4.69, 9.17) is 4.74 Å². The lowest BCUT2D eigenvalue weighted by Gasteiger charge is -2.18. The average molecular weight is 580 g/mol. The lowest BCUT2D eigenvalue weighted by Crippen LogP contribution is -2.22. The zero-order valence-electron chi connectivity index (χ0n) is 22.3. The van der Waals surface area contributed by atoms with Gasteiger partial charge in [-0.3, -0.25) is 9.79 Å². The molecule has 1 aliphatic heterocycles. The molecule has 0 fully saturated rings. The van der Waals surface area contributed by atoms with Crippen LogP contribution in [0.25, 0.3) is 11.1 Å². The molecular weight excluding hydrogens is 553 g/mol. The quantitative estimate of drug-likeness (QED) is 0.114. The van der Waals surface area contributed by atoms with Gasteiger partial charge >= 0.3 is 12.3 Å². The maximum atomic E-state index is 14.6. The molecule has 1 heterocycles. The zero-order valence-corrected chi connectivity index (χ0v) is 22.3. The summed E-state index contributed by atoms with van der Waals surface area (Å²) in [6.07, 6.45) is -3.43. The largest absolute Gasteiger partial charge is 0.573 e. The number of benzene rings is 4. The molecule has 0 amide bonds. The summed E-state index contributed by atoms with van der Waals surface area (Å²) >= 11 is 0. The van der Waals surface area contributed by atoms with Gasteiger partial charge in [-0.1, -0.05) is 72.8 Å². The van der Waals surface area contributed by atoms with Crippen LogP contribution in [-0.4, -0.2) is 24.7 Å². The Balaban J connectivity index is 1.34. The van der Waals surface area contributed by atoms with Gasteiger partial charge in [0.15, 0.2) is 0 Å². The second-order valence-corrected chi connectivity index (χ2v) is 9.88. The molecule has 0 N–H and O–H groups in total. The van der Waals surface area contributed by atoms with E-state index in [1.165, 1.54) is 30.3 Å². The molecule has 0 aliphatic carbocycles. The number of carbonyl (C=O) groups excluding carboxylic acids is 1. The number of aryl methyl sites for hydroxylation is 1. The number of hydrogen-bond acceptors (Lipinski definition) is 4. The van der Waals surface area contributed by atoms with Gasteiger partial charge in [-0.05, 0) is 59.4 Å². The van der Waals surface area contributed by atoms with E-state index in [2.05, 4.69) is 9.73 Å². The van der Waals surface area contributed by atoms with Gasteiger partial charge in [0.2, 0.25) is 0 Å². The summed E-state index contributed by atoms with van der Waals surface area (Å²) in [5.41, 5.74) is 2.99. The highest BCUT2D eigenvalue weighted by molar-refractivity contribution is 6.04. The first-order chi connectivity index (χ1) is 20.2. The van der Waals surface area contributed by atoms with Crippen LogP contribution in [0, 0.1) is 17.6 Å². The Labute approximate surface area is 239 Å². The normalized spacial score (nSPS) is 16.6. The first kappa shape index (κ1) is 29.0. The maximum Gasteiger partial charge on any atom is 0.573 e. The van der Waals surface area contributed by atoms with E-state index in [-0.39, 0.29) is 30.1 Å². The van der Waals surface area contributed by atoms with Crippen LogP contribution in [0.15, 0.2) is 102 Å². The maximum absolute atomic E-state index is 14.6. The van der Waals surface area contributed by atoms with Crippen molar-refractivity contribution < 1.29 is 36.2 Å². The Kier molecular flexibility index (Phi) is 8.66. The molecule has 0 saturated carbocycles. The van der Waals surface area contributed by atoms with Crippen LogP contribution in [0.1, 0.15) is 35.6 Å². The fourth-order valence-electron chi connectivity index (χ4n) is 5.01. The third kappa shape index (κ3) is 7.02. The molecular formula is C33H26F5NO3. The third-order valence-electron chi connectivity index (χ3n) is 7.01. The van der Waals surface area contributed by atoms with Crippen molar-refractivity contribution in [2.24, 2.45) is 10.9 Å². The molecule has 0 spiro atoms. The van der Waals surface area contributed by atoms with Crippen molar-refractivity contribution in [2.45, 2.75) is 31.7 Å². The number of halogens is 5.